The van der Waals surface area contributed by atoms with Gasteiger partial charge in [-0.3, -0.25) is 20.2 Å². The van der Waals surface area contributed by atoms with Crippen LogP contribution in [-0.2, 0) is 14.8 Å². The van der Waals surface area contributed by atoms with E-state index in [1.54, 1.807) is 14.1 Å². The Hall–Kier alpha value is -0.840. The van der Waals surface area contributed by atoms with Crippen molar-refractivity contribution in [2.75, 3.05) is 19.8 Å². The van der Waals surface area contributed by atoms with E-state index in [1.165, 1.54) is 10.0 Å². The van der Waals surface area contributed by atoms with E-state index < -0.39 is 21.7 Å². The number of hydrogen-bond acceptors (Lipinski definition) is 5. The van der Waals surface area contributed by atoms with Gasteiger partial charge in [0.25, 0.3) is 5.91 Å². The summed E-state index contributed by atoms with van der Waals surface area (Å²) in [6.45, 7) is 0. The molecule has 0 aromatic rings. The van der Waals surface area contributed by atoms with Crippen LogP contribution in [0.25, 0.3) is 0 Å². The van der Waals surface area contributed by atoms with Crippen molar-refractivity contribution in [1.29, 1.82) is 0 Å². The normalized spacial score (nSPS) is 18.2. The highest BCUT2D eigenvalue weighted by Crippen LogP contribution is 2.29. The van der Waals surface area contributed by atoms with Crippen LogP contribution in [0.15, 0.2) is 0 Å². The molecular weight excluding hydrogens is 368 g/mol. The van der Waals surface area contributed by atoms with Gasteiger partial charge in [0.2, 0.25) is 10.0 Å². The van der Waals surface area contributed by atoms with Gasteiger partial charge in [-0.2, -0.15) is 0 Å². The lowest BCUT2D eigenvalue weighted by atomic mass is 9.85. The fraction of sp³-hybridized carbons (Fsp3) is 0.786. The molecule has 0 radical (unpaired) electrons. The first kappa shape index (κ1) is 19.5. The van der Waals surface area contributed by atoms with Crippen LogP contribution in [0, 0.1) is 11.8 Å². The van der Waals surface area contributed by atoms with Crippen molar-refractivity contribution in [2.45, 2.75) is 38.5 Å². The molecule has 2 saturated carbocycles. The minimum absolute atomic E-state index is 0.243. The minimum Gasteiger partial charge on any atom is -0.291 e. The number of amides is 1. The Balaban J connectivity index is 1.80. The summed E-state index contributed by atoms with van der Waals surface area (Å²) in [5, 5.41) is 2.77. The maximum absolute atomic E-state index is 12.1. The topological polar surface area (TPSA) is 81.8 Å². The van der Waals surface area contributed by atoms with Gasteiger partial charge < -0.3 is 0 Å². The fourth-order valence-corrected chi connectivity index (χ4v) is 4.20. The van der Waals surface area contributed by atoms with Gasteiger partial charge in [-0.05, 0) is 25.7 Å². The summed E-state index contributed by atoms with van der Waals surface area (Å²) in [6.07, 6.45) is 6.24. The van der Waals surface area contributed by atoms with E-state index in [0.717, 1.165) is 38.5 Å². The number of nitrogens with one attached hydrogen (secondary N) is 2. The van der Waals surface area contributed by atoms with Crippen LogP contribution in [0.3, 0.4) is 0 Å². The third kappa shape index (κ3) is 5.08. The van der Waals surface area contributed by atoms with Crippen LogP contribution in [-0.4, -0.2) is 54.2 Å². The molecule has 10 heteroatoms. The van der Waals surface area contributed by atoms with E-state index in [4.69, 9.17) is 24.4 Å². The Morgan fingerprint density at radius 1 is 1.00 bits per heavy atom. The highest BCUT2D eigenvalue weighted by Gasteiger charge is 2.28. The quantitative estimate of drug-likeness (QED) is 0.515. The van der Waals surface area contributed by atoms with E-state index in [9.17, 15) is 13.2 Å². The zero-order valence-corrected chi connectivity index (χ0v) is 16.4. The standard InChI is InChI=1S/C14H24N4O3S3/c1-17(13(22)10-5-3-6-10)15-12(19)9-24(20,21)16-18(2)14(23)11-7-4-8-11/h10-11,16H,3-9H2,1-2H3,(H,15,19). The molecule has 0 aliphatic heterocycles. The molecule has 0 aromatic heterocycles. The van der Waals surface area contributed by atoms with Gasteiger partial charge >= 0.3 is 0 Å². The molecule has 0 spiro atoms. The van der Waals surface area contributed by atoms with E-state index in [1.807, 2.05) is 0 Å². The van der Waals surface area contributed by atoms with Crippen molar-refractivity contribution in [3.63, 3.8) is 0 Å². The lowest BCUT2D eigenvalue weighted by Gasteiger charge is -2.32. The van der Waals surface area contributed by atoms with Crippen LogP contribution >= 0.6 is 24.4 Å². The van der Waals surface area contributed by atoms with Gasteiger partial charge in [-0.1, -0.05) is 37.3 Å². The minimum atomic E-state index is -3.82. The van der Waals surface area contributed by atoms with Gasteiger partial charge in [0.15, 0.2) is 0 Å². The van der Waals surface area contributed by atoms with E-state index in [-0.39, 0.29) is 5.92 Å². The third-order valence-electron chi connectivity index (χ3n) is 4.46. The monoisotopic (exact) mass is 392 g/mol. The fourth-order valence-electron chi connectivity index (χ4n) is 2.59. The SMILES string of the molecule is CN(NC(=O)CS(=O)(=O)NN(C)C(=S)C1CCC1)C(=S)C1CCC1. The molecule has 136 valence electrons. The maximum Gasteiger partial charge on any atom is 0.255 e. The van der Waals surface area contributed by atoms with E-state index in [2.05, 4.69) is 10.3 Å². The zero-order valence-electron chi connectivity index (χ0n) is 13.9. The average molecular weight is 393 g/mol. The second-order valence-electron chi connectivity index (χ2n) is 6.44. The molecular formula is C14H24N4O3S3. The molecule has 0 unspecified atom stereocenters. The Kier molecular flexibility index (Phi) is 6.52. The zero-order chi connectivity index (χ0) is 17.9. The molecule has 2 aliphatic rings. The molecule has 7 nitrogen and oxygen atoms in total. The second-order valence-corrected chi connectivity index (χ2v) is 8.97. The van der Waals surface area contributed by atoms with Crippen LogP contribution in [0.5, 0.6) is 0 Å². The lowest BCUT2D eigenvalue weighted by Crippen LogP contribution is -2.51. The summed E-state index contributed by atoms with van der Waals surface area (Å²) in [5.74, 6) is -0.768. The van der Waals surface area contributed by atoms with Gasteiger partial charge in [-0.25, -0.2) is 8.42 Å². The van der Waals surface area contributed by atoms with Gasteiger partial charge in [0.05, 0.1) is 9.98 Å². The molecule has 1 amide bonds. The maximum atomic E-state index is 12.1. The Morgan fingerprint density at radius 2 is 1.46 bits per heavy atom. The molecule has 0 aromatic carbocycles. The second kappa shape index (κ2) is 8.03. The summed E-state index contributed by atoms with van der Waals surface area (Å²) in [6, 6.07) is 0. The van der Waals surface area contributed by atoms with E-state index >= 15 is 0 Å². The molecule has 0 bridgehead atoms. The first-order valence-corrected chi connectivity index (χ1v) is 10.5. The summed E-state index contributed by atoms with van der Waals surface area (Å²) in [5.41, 5.74) is 2.52. The Labute approximate surface area is 154 Å². The smallest absolute Gasteiger partial charge is 0.255 e. The number of rotatable bonds is 6. The molecule has 2 N–H and O–H groups in total. The summed E-state index contributed by atoms with van der Waals surface area (Å²) >= 11 is 10.5. The van der Waals surface area contributed by atoms with Crippen molar-refractivity contribution in [1.82, 2.24) is 20.3 Å². The highest BCUT2D eigenvalue weighted by molar-refractivity contribution is 7.90. The number of carbonyl (C=O) groups excluding carboxylic acids is 1. The summed E-state index contributed by atoms with van der Waals surface area (Å²) < 4.78 is 24.2. The van der Waals surface area contributed by atoms with Crippen LogP contribution in [0.2, 0.25) is 0 Å². The largest absolute Gasteiger partial charge is 0.291 e. The molecule has 24 heavy (non-hydrogen) atoms. The number of nitrogens with zero attached hydrogens (tertiary/aromatic N) is 2. The predicted molar refractivity (Wildman–Crippen MR) is 100 cm³/mol. The Morgan fingerprint density at radius 3 is 1.88 bits per heavy atom. The summed E-state index contributed by atoms with van der Waals surface area (Å²) in [7, 11) is -0.621. The molecule has 2 aliphatic carbocycles. The van der Waals surface area contributed by atoms with Crippen molar-refractivity contribution in [3.05, 3.63) is 0 Å². The van der Waals surface area contributed by atoms with Gasteiger partial charge in [0.1, 0.15) is 5.75 Å². The molecule has 2 rings (SSSR count). The average Bonchev–Trinajstić information content (AvgIpc) is 2.32. The lowest BCUT2D eigenvalue weighted by molar-refractivity contribution is -0.121. The van der Waals surface area contributed by atoms with Gasteiger partial charge in [0, 0.05) is 25.9 Å². The number of hydrogen-bond donors (Lipinski definition) is 2. The van der Waals surface area contributed by atoms with E-state index in [0.29, 0.717) is 15.9 Å². The van der Waals surface area contributed by atoms with Crippen LogP contribution in [0.4, 0.5) is 0 Å². The summed E-state index contributed by atoms with van der Waals surface area (Å²) in [4.78, 5) is 15.5. The van der Waals surface area contributed by atoms with Crippen molar-refractivity contribution in [3.8, 4) is 0 Å². The predicted octanol–water partition coefficient (Wildman–Crippen LogP) is 0.971. The highest BCUT2D eigenvalue weighted by atomic mass is 32.2. The van der Waals surface area contributed by atoms with Crippen molar-refractivity contribution >= 4 is 50.3 Å². The molecule has 0 atom stereocenters. The van der Waals surface area contributed by atoms with Crippen molar-refractivity contribution in [2.24, 2.45) is 11.8 Å². The molecule has 0 saturated heterocycles. The molecule has 0 heterocycles. The van der Waals surface area contributed by atoms with Crippen LogP contribution in [0.1, 0.15) is 38.5 Å². The van der Waals surface area contributed by atoms with Gasteiger partial charge in [-0.15, -0.1) is 4.83 Å². The first-order chi connectivity index (χ1) is 11.2. The Bertz CT molecular complexity index is 615. The number of sulfonamides is 1. The first-order valence-electron chi connectivity index (χ1n) is 8.04. The third-order valence-corrected chi connectivity index (χ3v) is 6.87. The van der Waals surface area contributed by atoms with Crippen molar-refractivity contribution < 1.29 is 13.2 Å². The number of hydrazine groups is 2. The molecule has 2 fully saturated rings. The number of carbonyl (C=O) groups is 1. The van der Waals surface area contributed by atoms with Crippen LogP contribution < -0.4 is 10.3 Å². The number of thiocarbonyl (C=S) groups is 2.